The van der Waals surface area contributed by atoms with Crippen molar-refractivity contribution in [3.63, 3.8) is 0 Å². The summed E-state index contributed by atoms with van der Waals surface area (Å²) in [4.78, 5) is 23.1. The minimum Gasteiger partial charge on any atom is -0.460 e. The van der Waals surface area contributed by atoms with Crippen molar-refractivity contribution in [1.29, 1.82) is 0 Å². The largest absolute Gasteiger partial charge is 0.460 e. The Morgan fingerprint density at radius 2 is 1.89 bits per heavy atom. The molecule has 9 heteroatoms. The zero-order valence-corrected chi connectivity index (χ0v) is 17.3. The average Bonchev–Trinajstić information content (AvgIpc) is 2.57. The van der Waals surface area contributed by atoms with Crippen molar-refractivity contribution in [2.45, 2.75) is 32.1 Å². The molecule has 0 aliphatic carbocycles. The summed E-state index contributed by atoms with van der Waals surface area (Å²) in [6.45, 7) is 6.44. The Morgan fingerprint density at radius 1 is 1.26 bits per heavy atom. The molecule has 150 valence electrons. The van der Waals surface area contributed by atoms with Crippen LogP contribution in [0.1, 0.15) is 37.6 Å². The van der Waals surface area contributed by atoms with Crippen LogP contribution in [0.15, 0.2) is 23.1 Å². The highest BCUT2D eigenvalue weighted by Gasteiger charge is 2.32. The van der Waals surface area contributed by atoms with Crippen molar-refractivity contribution in [3.8, 4) is 0 Å². The number of ether oxygens (including phenoxy) is 1. The topological polar surface area (TPSA) is 92.8 Å². The Labute approximate surface area is 165 Å². The average molecular weight is 417 g/mol. The molecule has 2 unspecified atom stereocenters. The maximum atomic E-state index is 13.0. The van der Waals surface area contributed by atoms with Gasteiger partial charge in [0.05, 0.1) is 22.0 Å². The van der Waals surface area contributed by atoms with Gasteiger partial charge < -0.3 is 10.1 Å². The first-order valence-corrected chi connectivity index (χ1v) is 10.6. The van der Waals surface area contributed by atoms with E-state index in [9.17, 15) is 18.0 Å². The van der Waals surface area contributed by atoms with Crippen LogP contribution in [0.3, 0.4) is 0 Å². The molecule has 1 aromatic rings. The molecule has 0 spiro atoms. The first-order valence-electron chi connectivity index (χ1n) is 8.82. The third-order valence-corrected chi connectivity index (χ3v) is 6.50. The zero-order chi connectivity index (χ0) is 20.2. The number of hydrogen-bond acceptors (Lipinski definition) is 5. The molecule has 1 saturated heterocycles. The fourth-order valence-corrected chi connectivity index (χ4v) is 5.12. The molecule has 1 heterocycles. The zero-order valence-electron chi connectivity index (χ0n) is 15.7. The summed E-state index contributed by atoms with van der Waals surface area (Å²) in [6, 6.07) is 4.04. The molecule has 1 fully saturated rings. The van der Waals surface area contributed by atoms with Gasteiger partial charge in [-0.1, -0.05) is 25.4 Å². The normalized spacial score (nSPS) is 20.9. The first kappa shape index (κ1) is 21.7. The number of benzene rings is 1. The third kappa shape index (κ3) is 5.67. The van der Waals surface area contributed by atoms with E-state index in [1.54, 1.807) is 0 Å². The molecular formula is C18H25ClN2O5S. The molecule has 0 bridgehead atoms. The van der Waals surface area contributed by atoms with E-state index in [4.69, 9.17) is 16.3 Å². The van der Waals surface area contributed by atoms with Crippen LogP contribution in [-0.4, -0.2) is 50.8 Å². The molecule has 1 aliphatic rings. The van der Waals surface area contributed by atoms with Gasteiger partial charge >= 0.3 is 5.97 Å². The smallest absolute Gasteiger partial charge is 0.339 e. The molecule has 1 amide bonds. The van der Waals surface area contributed by atoms with Gasteiger partial charge in [0.15, 0.2) is 0 Å². The van der Waals surface area contributed by atoms with Gasteiger partial charge in [0, 0.05) is 20.0 Å². The quantitative estimate of drug-likeness (QED) is 0.567. The summed E-state index contributed by atoms with van der Waals surface area (Å²) in [7, 11) is -3.73. The van der Waals surface area contributed by atoms with Crippen LogP contribution >= 0.6 is 11.6 Å². The molecule has 1 aromatic carbocycles. The third-order valence-electron chi connectivity index (χ3n) is 4.34. The lowest BCUT2D eigenvalue weighted by atomic mass is 9.94. The standard InChI is InChI=1S/C18H25ClN2O5S/c1-12-8-13(2)11-21(10-12)27(24,25)15-4-5-17(19)16(9-15)18(23)26-7-6-20-14(3)22/h4-5,9,12-13H,6-8,10-11H2,1-3H3,(H,20,22). The van der Waals surface area contributed by atoms with Gasteiger partial charge in [-0.05, 0) is 36.5 Å². The number of halogens is 1. The van der Waals surface area contributed by atoms with Crippen LogP contribution in [0.25, 0.3) is 0 Å². The number of hydrogen-bond donors (Lipinski definition) is 1. The Bertz CT molecular complexity index is 802. The van der Waals surface area contributed by atoms with Crippen LogP contribution in [0.4, 0.5) is 0 Å². The molecule has 0 saturated carbocycles. The van der Waals surface area contributed by atoms with E-state index < -0.39 is 16.0 Å². The molecular weight excluding hydrogens is 392 g/mol. The SMILES string of the molecule is CC(=O)NCCOC(=O)c1cc(S(=O)(=O)N2CC(C)CC(C)C2)ccc1Cl. The van der Waals surface area contributed by atoms with Gasteiger partial charge in [0.1, 0.15) is 6.61 Å². The van der Waals surface area contributed by atoms with Crippen molar-refractivity contribution in [2.24, 2.45) is 11.8 Å². The second-order valence-corrected chi connectivity index (χ2v) is 9.37. The second kappa shape index (κ2) is 9.03. The summed E-state index contributed by atoms with van der Waals surface area (Å²) in [6.07, 6.45) is 0.985. The fraction of sp³-hybridized carbons (Fsp3) is 0.556. The molecule has 2 rings (SSSR count). The van der Waals surface area contributed by atoms with E-state index in [0.29, 0.717) is 13.1 Å². The summed E-state index contributed by atoms with van der Waals surface area (Å²) >= 11 is 6.06. The predicted molar refractivity (Wildman–Crippen MR) is 102 cm³/mol. The van der Waals surface area contributed by atoms with Crippen molar-refractivity contribution >= 4 is 33.5 Å². The van der Waals surface area contributed by atoms with Crippen molar-refractivity contribution in [2.75, 3.05) is 26.2 Å². The van der Waals surface area contributed by atoms with Gasteiger partial charge in [0.25, 0.3) is 0 Å². The first-order chi connectivity index (χ1) is 12.6. The van der Waals surface area contributed by atoms with Gasteiger partial charge in [-0.15, -0.1) is 0 Å². The summed E-state index contributed by atoms with van der Waals surface area (Å²) in [5.41, 5.74) is -0.0151. The fourth-order valence-electron chi connectivity index (χ4n) is 3.22. The Hall–Kier alpha value is -1.64. The predicted octanol–water partition coefficient (Wildman–Crippen LogP) is 2.30. The molecule has 0 radical (unpaired) electrons. The van der Waals surface area contributed by atoms with Crippen molar-refractivity contribution in [1.82, 2.24) is 9.62 Å². The highest BCUT2D eigenvalue weighted by molar-refractivity contribution is 7.89. The van der Waals surface area contributed by atoms with Crippen molar-refractivity contribution in [3.05, 3.63) is 28.8 Å². The Balaban J connectivity index is 2.18. The minimum absolute atomic E-state index is 0.0151. The minimum atomic E-state index is -3.73. The number of nitrogens with one attached hydrogen (secondary N) is 1. The molecule has 1 N–H and O–H groups in total. The van der Waals surface area contributed by atoms with Crippen LogP contribution in [0, 0.1) is 11.8 Å². The number of amides is 1. The summed E-state index contributed by atoms with van der Waals surface area (Å²) in [5.74, 6) is -0.423. The number of carbonyl (C=O) groups is 2. The maximum Gasteiger partial charge on any atom is 0.339 e. The molecule has 27 heavy (non-hydrogen) atoms. The number of rotatable bonds is 6. The number of esters is 1. The van der Waals surface area contributed by atoms with E-state index in [1.165, 1.54) is 29.4 Å². The van der Waals surface area contributed by atoms with E-state index in [1.807, 2.05) is 13.8 Å². The van der Waals surface area contributed by atoms with E-state index in [0.717, 1.165) is 6.42 Å². The number of piperidine rings is 1. The van der Waals surface area contributed by atoms with Gasteiger partial charge in [-0.2, -0.15) is 4.31 Å². The Morgan fingerprint density at radius 3 is 2.48 bits per heavy atom. The maximum absolute atomic E-state index is 13.0. The Kier molecular flexibility index (Phi) is 7.25. The highest BCUT2D eigenvalue weighted by atomic mass is 35.5. The van der Waals surface area contributed by atoms with Gasteiger partial charge in [-0.3, -0.25) is 4.79 Å². The lowest BCUT2D eigenvalue weighted by Crippen LogP contribution is -2.42. The van der Waals surface area contributed by atoms with Crippen LogP contribution in [-0.2, 0) is 19.6 Å². The lowest BCUT2D eigenvalue weighted by Gasteiger charge is -2.34. The lowest BCUT2D eigenvalue weighted by molar-refractivity contribution is -0.119. The van der Waals surface area contributed by atoms with Crippen LogP contribution < -0.4 is 5.32 Å². The van der Waals surface area contributed by atoms with E-state index in [-0.39, 0.29) is 46.4 Å². The molecule has 2 atom stereocenters. The highest BCUT2D eigenvalue weighted by Crippen LogP contribution is 2.28. The number of nitrogens with zero attached hydrogens (tertiary/aromatic N) is 1. The number of carbonyl (C=O) groups excluding carboxylic acids is 2. The van der Waals surface area contributed by atoms with E-state index >= 15 is 0 Å². The molecule has 1 aliphatic heterocycles. The van der Waals surface area contributed by atoms with Crippen LogP contribution in [0.2, 0.25) is 5.02 Å². The van der Waals surface area contributed by atoms with Crippen molar-refractivity contribution < 1.29 is 22.7 Å². The van der Waals surface area contributed by atoms with Gasteiger partial charge in [-0.25, -0.2) is 13.2 Å². The number of sulfonamides is 1. The van der Waals surface area contributed by atoms with Crippen LogP contribution in [0.5, 0.6) is 0 Å². The molecule has 7 nitrogen and oxygen atoms in total. The summed E-state index contributed by atoms with van der Waals surface area (Å²) in [5, 5.41) is 2.61. The summed E-state index contributed by atoms with van der Waals surface area (Å²) < 4.78 is 32.5. The monoisotopic (exact) mass is 416 g/mol. The van der Waals surface area contributed by atoms with Gasteiger partial charge in [0.2, 0.25) is 15.9 Å². The molecule has 0 aromatic heterocycles. The second-order valence-electron chi connectivity index (χ2n) is 7.03. The van der Waals surface area contributed by atoms with E-state index in [2.05, 4.69) is 5.32 Å².